The first-order chi connectivity index (χ1) is 7.66. The summed E-state index contributed by atoms with van der Waals surface area (Å²) in [5.41, 5.74) is 7.86. The van der Waals surface area contributed by atoms with Crippen LogP contribution >= 0.6 is 0 Å². The van der Waals surface area contributed by atoms with E-state index >= 15 is 0 Å². The molecule has 1 rings (SSSR count). The maximum absolute atomic E-state index is 11.7. The minimum atomic E-state index is -1.52. The predicted molar refractivity (Wildman–Crippen MR) is 58.4 cm³/mol. The Morgan fingerprint density at radius 3 is 2.81 bits per heavy atom. The van der Waals surface area contributed by atoms with Gasteiger partial charge in [-0.15, -0.1) is 0 Å². The van der Waals surface area contributed by atoms with E-state index in [-0.39, 0.29) is 22.9 Å². The molecule has 0 radical (unpaired) electrons. The summed E-state index contributed by atoms with van der Waals surface area (Å²) in [6.07, 6.45) is 0. The molecule has 0 bridgehead atoms. The van der Waals surface area contributed by atoms with Crippen LogP contribution in [0.25, 0.3) is 10.4 Å². The summed E-state index contributed by atoms with van der Waals surface area (Å²) >= 11 is 0. The molecule has 1 aromatic rings. The van der Waals surface area contributed by atoms with Gasteiger partial charge in [0.15, 0.2) is 0 Å². The van der Waals surface area contributed by atoms with Gasteiger partial charge in [0.05, 0.1) is 15.7 Å². The molecule has 0 aliphatic heterocycles. The number of rotatable bonds is 5. The lowest BCUT2D eigenvalue weighted by Gasteiger charge is -2.00. The maximum atomic E-state index is 11.7. The second-order valence-corrected chi connectivity index (χ2v) is 4.27. The number of nitrogens with zero attached hydrogens (tertiary/aromatic N) is 4. The van der Waals surface area contributed by atoms with E-state index in [4.69, 9.17) is 5.53 Å². The molecule has 16 heavy (non-hydrogen) atoms. The van der Waals surface area contributed by atoms with Gasteiger partial charge in [-0.05, 0) is 11.6 Å². The third-order valence-corrected chi connectivity index (χ3v) is 3.14. The highest BCUT2D eigenvalue weighted by molar-refractivity contribution is 7.85. The number of para-hydroxylation sites is 1. The summed E-state index contributed by atoms with van der Waals surface area (Å²) in [6, 6.07) is 5.81. The van der Waals surface area contributed by atoms with Crippen molar-refractivity contribution >= 4 is 16.5 Å². The lowest BCUT2D eigenvalue weighted by atomic mass is 10.3. The molecule has 1 atom stereocenters. The summed E-state index contributed by atoms with van der Waals surface area (Å²) in [5.74, 6) is 0.0783. The summed E-state index contributed by atoms with van der Waals surface area (Å²) in [4.78, 5) is 12.7. The minimum absolute atomic E-state index is 0.0508. The fraction of sp³-hybridized carbons (Fsp3) is 0.250. The Balaban J connectivity index is 2.90. The van der Waals surface area contributed by atoms with Gasteiger partial charge >= 0.3 is 0 Å². The quantitative estimate of drug-likeness (QED) is 0.258. The van der Waals surface area contributed by atoms with Crippen LogP contribution in [-0.4, -0.2) is 21.4 Å². The van der Waals surface area contributed by atoms with E-state index in [1.54, 1.807) is 6.07 Å². The largest absolute Gasteiger partial charge is 0.285 e. The van der Waals surface area contributed by atoms with Gasteiger partial charge in [0, 0.05) is 23.3 Å². The van der Waals surface area contributed by atoms with Crippen molar-refractivity contribution in [3.05, 3.63) is 44.8 Å². The van der Waals surface area contributed by atoms with Crippen LogP contribution in [0.2, 0.25) is 0 Å². The highest BCUT2D eigenvalue weighted by Gasteiger charge is 2.17. The number of nitro groups is 1. The molecule has 0 amide bonds. The molecule has 8 heteroatoms. The predicted octanol–water partition coefficient (Wildman–Crippen LogP) is 2.01. The minimum Gasteiger partial charge on any atom is -0.258 e. The zero-order chi connectivity index (χ0) is 12.0. The van der Waals surface area contributed by atoms with Crippen LogP contribution in [-0.2, 0) is 10.8 Å². The highest BCUT2D eigenvalue weighted by Crippen LogP contribution is 2.21. The number of benzene rings is 1. The third-order valence-electron chi connectivity index (χ3n) is 1.75. The molecule has 0 spiro atoms. The van der Waals surface area contributed by atoms with Crippen LogP contribution in [0.15, 0.2) is 34.3 Å². The molecule has 0 heterocycles. The number of hydrogen-bond acceptors (Lipinski definition) is 4. The lowest BCUT2D eigenvalue weighted by Crippen LogP contribution is -2.04. The number of azide groups is 1. The Labute approximate surface area is 93.3 Å². The van der Waals surface area contributed by atoms with Crippen LogP contribution in [0, 0.1) is 10.1 Å². The zero-order valence-corrected chi connectivity index (χ0v) is 8.96. The van der Waals surface area contributed by atoms with Gasteiger partial charge in [0.1, 0.15) is 4.90 Å². The topological polar surface area (TPSA) is 109 Å². The summed E-state index contributed by atoms with van der Waals surface area (Å²) < 4.78 is 11.7. The van der Waals surface area contributed by atoms with Crippen LogP contribution in [0.3, 0.4) is 0 Å². The Hall–Kier alpha value is -1.92. The molecule has 0 saturated carbocycles. The Kier molecular flexibility index (Phi) is 4.43. The second kappa shape index (κ2) is 5.84. The number of nitro benzene ring substituents is 1. The Bertz CT molecular complexity index is 470. The summed E-state index contributed by atoms with van der Waals surface area (Å²) in [6.45, 7) is 0.0508. The van der Waals surface area contributed by atoms with Gasteiger partial charge in [-0.1, -0.05) is 17.2 Å². The molecule has 1 unspecified atom stereocenters. The number of hydrogen-bond donors (Lipinski definition) is 0. The van der Waals surface area contributed by atoms with E-state index in [1.165, 1.54) is 18.2 Å². The van der Waals surface area contributed by atoms with Crippen molar-refractivity contribution in [3.63, 3.8) is 0 Å². The van der Waals surface area contributed by atoms with Crippen molar-refractivity contribution in [3.8, 4) is 0 Å². The fourth-order valence-corrected chi connectivity index (χ4v) is 2.15. The average molecular weight is 240 g/mol. The first kappa shape index (κ1) is 12.2. The Morgan fingerprint density at radius 2 is 2.19 bits per heavy atom. The van der Waals surface area contributed by atoms with Gasteiger partial charge in [-0.3, -0.25) is 14.3 Å². The molecule has 1 aromatic carbocycles. The van der Waals surface area contributed by atoms with E-state index in [1.807, 2.05) is 0 Å². The molecule has 0 aromatic heterocycles. The van der Waals surface area contributed by atoms with Gasteiger partial charge in [-0.2, -0.15) is 0 Å². The van der Waals surface area contributed by atoms with E-state index in [9.17, 15) is 14.3 Å². The summed E-state index contributed by atoms with van der Waals surface area (Å²) in [7, 11) is -1.52. The molecule has 0 aliphatic carbocycles. The van der Waals surface area contributed by atoms with E-state index < -0.39 is 15.7 Å². The van der Waals surface area contributed by atoms with Crippen molar-refractivity contribution in [2.24, 2.45) is 5.11 Å². The van der Waals surface area contributed by atoms with Crippen molar-refractivity contribution in [1.82, 2.24) is 0 Å². The maximum Gasteiger partial charge on any atom is 0.285 e. The highest BCUT2D eigenvalue weighted by atomic mass is 32.2. The molecule has 0 fully saturated rings. The normalized spacial score (nSPS) is 11.5. The SMILES string of the molecule is [N-]=[N+]=NCCS(=O)c1ccccc1[N+](=O)[O-]. The fourth-order valence-electron chi connectivity index (χ4n) is 1.08. The first-order valence-electron chi connectivity index (χ1n) is 4.29. The van der Waals surface area contributed by atoms with Crippen LogP contribution in [0.5, 0.6) is 0 Å². The molecule has 7 nitrogen and oxygen atoms in total. The third kappa shape index (κ3) is 3.04. The van der Waals surface area contributed by atoms with Crippen LogP contribution in [0.1, 0.15) is 0 Å². The standard InChI is InChI=1S/C8H8N4O3S/c9-11-10-5-6-16(15)8-4-2-1-3-7(8)12(13)14/h1-4H,5-6H2. The van der Waals surface area contributed by atoms with Crippen molar-refractivity contribution in [2.75, 3.05) is 12.3 Å². The molecule has 0 saturated heterocycles. The van der Waals surface area contributed by atoms with Gasteiger partial charge in [0.2, 0.25) is 0 Å². The molecular formula is C8H8N4O3S. The van der Waals surface area contributed by atoms with Gasteiger partial charge in [-0.25, -0.2) is 0 Å². The van der Waals surface area contributed by atoms with Crippen LogP contribution < -0.4 is 0 Å². The van der Waals surface area contributed by atoms with Gasteiger partial charge in [0.25, 0.3) is 5.69 Å². The Morgan fingerprint density at radius 1 is 1.50 bits per heavy atom. The summed E-state index contributed by atoms with van der Waals surface area (Å²) in [5, 5.41) is 13.9. The van der Waals surface area contributed by atoms with E-state index in [0.29, 0.717) is 0 Å². The molecule has 0 N–H and O–H groups in total. The molecular weight excluding hydrogens is 232 g/mol. The van der Waals surface area contributed by atoms with Crippen molar-refractivity contribution in [1.29, 1.82) is 0 Å². The van der Waals surface area contributed by atoms with Crippen molar-refractivity contribution in [2.45, 2.75) is 4.90 Å². The smallest absolute Gasteiger partial charge is 0.258 e. The zero-order valence-electron chi connectivity index (χ0n) is 8.15. The van der Waals surface area contributed by atoms with Crippen LogP contribution in [0.4, 0.5) is 5.69 Å². The van der Waals surface area contributed by atoms with E-state index in [2.05, 4.69) is 10.0 Å². The molecule has 84 valence electrons. The average Bonchev–Trinajstić information content (AvgIpc) is 2.29. The van der Waals surface area contributed by atoms with Crippen molar-refractivity contribution < 1.29 is 9.13 Å². The first-order valence-corrected chi connectivity index (χ1v) is 5.61. The lowest BCUT2D eigenvalue weighted by molar-refractivity contribution is -0.387. The second-order valence-electron chi connectivity index (χ2n) is 2.73. The van der Waals surface area contributed by atoms with E-state index in [0.717, 1.165) is 0 Å². The monoisotopic (exact) mass is 240 g/mol. The van der Waals surface area contributed by atoms with Gasteiger partial charge < -0.3 is 0 Å². The molecule has 0 aliphatic rings.